The van der Waals surface area contributed by atoms with E-state index in [1.807, 2.05) is 18.2 Å². The van der Waals surface area contributed by atoms with Gasteiger partial charge in [-0.15, -0.1) is 0 Å². The number of aromatic nitrogens is 1. The number of hydrogen-bond donors (Lipinski definition) is 2. The molecule has 100 valence electrons. The van der Waals surface area contributed by atoms with Crippen LogP contribution in [0.25, 0.3) is 10.9 Å². The molecule has 2 rings (SSSR count). The Hall–Kier alpha value is -1.66. The topological polar surface area (TPSA) is 71.5 Å². The van der Waals surface area contributed by atoms with Gasteiger partial charge in [-0.05, 0) is 28.1 Å². The van der Waals surface area contributed by atoms with Crippen LogP contribution in [0.4, 0.5) is 5.69 Å². The Labute approximate surface area is 118 Å². The van der Waals surface area contributed by atoms with E-state index < -0.39 is 12.0 Å². The molecule has 1 aromatic carbocycles. The van der Waals surface area contributed by atoms with Gasteiger partial charge in [0.2, 0.25) is 0 Å². The lowest BCUT2D eigenvalue weighted by Crippen LogP contribution is -2.33. The number of aliphatic carboxylic acids is 1. The number of carboxylic acids is 1. The lowest BCUT2D eigenvalue weighted by molar-refractivity contribution is -0.139. The molecule has 0 bridgehead atoms. The van der Waals surface area contributed by atoms with E-state index in [9.17, 15) is 4.79 Å². The number of carboxylic acid groups (broad SMARTS) is 1. The molecule has 0 saturated carbocycles. The van der Waals surface area contributed by atoms with Gasteiger partial charge in [0.05, 0.1) is 17.8 Å². The number of para-hydroxylation sites is 1. The van der Waals surface area contributed by atoms with Gasteiger partial charge in [0.1, 0.15) is 6.04 Å². The molecule has 0 aliphatic carbocycles. The van der Waals surface area contributed by atoms with Crippen molar-refractivity contribution in [3.8, 4) is 0 Å². The highest BCUT2D eigenvalue weighted by molar-refractivity contribution is 9.10. The molecule has 19 heavy (non-hydrogen) atoms. The normalized spacial score (nSPS) is 12.3. The summed E-state index contributed by atoms with van der Waals surface area (Å²) in [6.07, 6.45) is 1.68. The number of fused-ring (bicyclic) bond motifs is 1. The van der Waals surface area contributed by atoms with Crippen molar-refractivity contribution < 1.29 is 14.6 Å². The van der Waals surface area contributed by atoms with E-state index in [1.165, 1.54) is 7.11 Å². The molecule has 0 fully saturated rings. The van der Waals surface area contributed by atoms with Crippen LogP contribution in [0.3, 0.4) is 0 Å². The highest BCUT2D eigenvalue weighted by atomic mass is 79.9. The van der Waals surface area contributed by atoms with Crippen LogP contribution in [0.5, 0.6) is 0 Å². The summed E-state index contributed by atoms with van der Waals surface area (Å²) in [5.41, 5.74) is 1.41. The second kappa shape index (κ2) is 5.99. The number of nitrogens with one attached hydrogen (secondary N) is 1. The van der Waals surface area contributed by atoms with Crippen LogP contribution in [-0.2, 0) is 9.53 Å². The SMILES string of the molecule is COCC(Nc1cccc2cc(Br)cnc12)C(=O)O. The number of anilines is 1. The van der Waals surface area contributed by atoms with Crippen molar-refractivity contribution in [3.63, 3.8) is 0 Å². The third kappa shape index (κ3) is 3.21. The fourth-order valence-corrected chi connectivity index (χ4v) is 2.13. The zero-order chi connectivity index (χ0) is 13.8. The second-order valence-electron chi connectivity index (χ2n) is 4.02. The van der Waals surface area contributed by atoms with Gasteiger partial charge in [0.15, 0.2) is 0 Å². The summed E-state index contributed by atoms with van der Waals surface area (Å²) in [6.45, 7) is 0.0856. The first kappa shape index (κ1) is 13.8. The summed E-state index contributed by atoms with van der Waals surface area (Å²) in [6, 6.07) is 6.70. The molecule has 0 spiro atoms. The molecule has 0 saturated heterocycles. The molecule has 0 aliphatic heterocycles. The summed E-state index contributed by atoms with van der Waals surface area (Å²) in [4.78, 5) is 15.4. The van der Waals surface area contributed by atoms with Gasteiger partial charge < -0.3 is 15.2 Å². The lowest BCUT2D eigenvalue weighted by Gasteiger charge is -2.16. The molecule has 0 amide bonds. The van der Waals surface area contributed by atoms with E-state index in [1.54, 1.807) is 12.3 Å². The van der Waals surface area contributed by atoms with Crippen molar-refractivity contribution in [1.29, 1.82) is 0 Å². The maximum absolute atomic E-state index is 11.1. The molecule has 1 unspecified atom stereocenters. The van der Waals surface area contributed by atoms with Crippen LogP contribution >= 0.6 is 15.9 Å². The predicted octanol–water partition coefficient (Wildman–Crippen LogP) is 2.51. The van der Waals surface area contributed by atoms with Crippen LogP contribution in [0.15, 0.2) is 34.9 Å². The summed E-state index contributed by atoms with van der Waals surface area (Å²) < 4.78 is 5.78. The molecular formula is C13H13BrN2O3. The number of nitrogens with zero attached hydrogens (tertiary/aromatic N) is 1. The number of halogens is 1. The Balaban J connectivity index is 2.36. The first-order valence-corrected chi connectivity index (χ1v) is 6.43. The molecule has 5 nitrogen and oxygen atoms in total. The monoisotopic (exact) mass is 324 g/mol. The van der Waals surface area contributed by atoms with Crippen LogP contribution < -0.4 is 5.32 Å². The van der Waals surface area contributed by atoms with Crippen LogP contribution in [0.2, 0.25) is 0 Å². The maximum Gasteiger partial charge on any atom is 0.328 e. The molecule has 1 atom stereocenters. The number of ether oxygens (including phenoxy) is 1. The third-order valence-corrected chi connectivity index (χ3v) is 3.07. The quantitative estimate of drug-likeness (QED) is 0.884. The standard InChI is InChI=1S/C13H13BrN2O3/c1-19-7-11(13(17)18)16-10-4-2-3-8-5-9(14)6-15-12(8)10/h2-6,11,16H,7H2,1H3,(H,17,18). The number of hydrogen-bond acceptors (Lipinski definition) is 4. The number of pyridine rings is 1. The van der Waals surface area contributed by atoms with E-state index in [2.05, 4.69) is 26.2 Å². The summed E-state index contributed by atoms with van der Waals surface area (Å²) >= 11 is 3.36. The molecule has 2 aromatic rings. The Bertz CT molecular complexity index is 603. The smallest absolute Gasteiger partial charge is 0.328 e. The van der Waals surface area contributed by atoms with Gasteiger partial charge in [0, 0.05) is 23.2 Å². The average Bonchev–Trinajstić information content (AvgIpc) is 2.37. The fraction of sp³-hybridized carbons (Fsp3) is 0.231. The Morgan fingerprint density at radius 3 is 3.05 bits per heavy atom. The number of carbonyl (C=O) groups is 1. The van der Waals surface area contributed by atoms with Crippen molar-refractivity contribution in [2.45, 2.75) is 6.04 Å². The van der Waals surface area contributed by atoms with E-state index in [0.29, 0.717) is 5.69 Å². The summed E-state index contributed by atoms with van der Waals surface area (Å²) in [5, 5.41) is 13.0. The Morgan fingerprint density at radius 2 is 2.37 bits per heavy atom. The van der Waals surface area contributed by atoms with Crippen LogP contribution in [0.1, 0.15) is 0 Å². The highest BCUT2D eigenvalue weighted by Crippen LogP contribution is 2.24. The third-order valence-electron chi connectivity index (χ3n) is 2.64. The molecular weight excluding hydrogens is 312 g/mol. The van der Waals surface area contributed by atoms with E-state index in [-0.39, 0.29) is 6.61 Å². The highest BCUT2D eigenvalue weighted by Gasteiger charge is 2.18. The predicted molar refractivity (Wildman–Crippen MR) is 76.4 cm³/mol. The molecule has 0 aliphatic rings. The first-order valence-electron chi connectivity index (χ1n) is 5.64. The van der Waals surface area contributed by atoms with Crippen molar-refractivity contribution in [2.75, 3.05) is 19.0 Å². The van der Waals surface area contributed by atoms with Crippen molar-refractivity contribution in [2.24, 2.45) is 0 Å². The summed E-state index contributed by atoms with van der Waals surface area (Å²) in [5.74, 6) is -0.962. The minimum Gasteiger partial charge on any atom is -0.480 e. The van der Waals surface area contributed by atoms with Gasteiger partial charge in [-0.1, -0.05) is 12.1 Å². The van der Waals surface area contributed by atoms with E-state index in [0.717, 1.165) is 15.4 Å². The largest absolute Gasteiger partial charge is 0.480 e. The molecule has 0 radical (unpaired) electrons. The molecule has 6 heteroatoms. The van der Waals surface area contributed by atoms with E-state index in [4.69, 9.17) is 9.84 Å². The molecule has 1 aromatic heterocycles. The minimum absolute atomic E-state index is 0.0856. The van der Waals surface area contributed by atoms with Crippen LogP contribution in [-0.4, -0.2) is 35.8 Å². The molecule has 2 N–H and O–H groups in total. The van der Waals surface area contributed by atoms with Gasteiger partial charge in [0.25, 0.3) is 0 Å². The fourth-order valence-electron chi connectivity index (χ4n) is 1.78. The van der Waals surface area contributed by atoms with Crippen LogP contribution in [0, 0.1) is 0 Å². The second-order valence-corrected chi connectivity index (χ2v) is 4.94. The Morgan fingerprint density at radius 1 is 1.58 bits per heavy atom. The van der Waals surface area contributed by atoms with Crippen molar-refractivity contribution in [3.05, 3.63) is 34.9 Å². The number of benzene rings is 1. The van der Waals surface area contributed by atoms with Crippen molar-refractivity contribution in [1.82, 2.24) is 4.98 Å². The average molecular weight is 325 g/mol. The van der Waals surface area contributed by atoms with E-state index >= 15 is 0 Å². The number of rotatable bonds is 5. The zero-order valence-electron chi connectivity index (χ0n) is 10.3. The van der Waals surface area contributed by atoms with Gasteiger partial charge in [-0.2, -0.15) is 0 Å². The minimum atomic E-state index is -0.962. The zero-order valence-corrected chi connectivity index (χ0v) is 11.8. The van der Waals surface area contributed by atoms with Crippen molar-refractivity contribution >= 4 is 38.5 Å². The van der Waals surface area contributed by atoms with Gasteiger partial charge in [-0.25, -0.2) is 4.79 Å². The summed E-state index contributed by atoms with van der Waals surface area (Å²) in [7, 11) is 1.47. The van der Waals surface area contributed by atoms with Gasteiger partial charge in [-0.3, -0.25) is 4.98 Å². The lowest BCUT2D eigenvalue weighted by atomic mass is 10.1. The van der Waals surface area contributed by atoms with Gasteiger partial charge >= 0.3 is 5.97 Å². The number of methoxy groups -OCH3 is 1. The molecule has 1 heterocycles. The Kier molecular flexibility index (Phi) is 4.34. The first-order chi connectivity index (χ1) is 9.11. The maximum atomic E-state index is 11.1.